The zero-order chi connectivity index (χ0) is 27.1. The van der Waals surface area contributed by atoms with E-state index in [1.807, 2.05) is 49.1 Å². The van der Waals surface area contributed by atoms with Crippen molar-refractivity contribution in [3.63, 3.8) is 0 Å². The molecule has 1 unspecified atom stereocenters. The Morgan fingerprint density at radius 2 is 1.82 bits per heavy atom. The number of amides is 3. The van der Waals surface area contributed by atoms with Gasteiger partial charge < -0.3 is 19.9 Å². The summed E-state index contributed by atoms with van der Waals surface area (Å²) in [4.78, 5) is 48.1. The number of nitrogens with zero attached hydrogens (tertiary/aromatic N) is 5. The number of piperazine rings is 1. The molecular weight excluding hydrogens is 496 g/mol. The van der Waals surface area contributed by atoms with Gasteiger partial charge >= 0.3 is 11.8 Å². The van der Waals surface area contributed by atoms with Crippen molar-refractivity contribution in [3.8, 4) is 0 Å². The number of aromatic nitrogens is 3. The third-order valence-corrected chi connectivity index (χ3v) is 8.36. The molecular formula is C29H34N6O4. The van der Waals surface area contributed by atoms with Gasteiger partial charge in [-0.25, -0.2) is 4.68 Å². The Morgan fingerprint density at radius 1 is 1.03 bits per heavy atom. The molecule has 0 bridgehead atoms. The lowest BCUT2D eigenvalue weighted by atomic mass is 9.97. The number of carbonyl (C=O) groups excluding carboxylic acids is 3. The second kappa shape index (κ2) is 10.1. The summed E-state index contributed by atoms with van der Waals surface area (Å²) in [6, 6.07) is 8.97. The molecule has 3 amide bonds. The van der Waals surface area contributed by atoms with Gasteiger partial charge in [-0.3, -0.25) is 19.4 Å². The second-order valence-electron chi connectivity index (χ2n) is 11.2. The van der Waals surface area contributed by atoms with Crippen molar-refractivity contribution in [1.29, 1.82) is 0 Å². The van der Waals surface area contributed by atoms with E-state index in [4.69, 9.17) is 4.74 Å². The third-order valence-electron chi connectivity index (χ3n) is 8.36. The number of carbonyl (C=O) groups is 3. The quantitative estimate of drug-likeness (QED) is 0.516. The zero-order valence-electron chi connectivity index (χ0n) is 22.4. The molecule has 2 aliphatic heterocycles. The second-order valence-corrected chi connectivity index (χ2v) is 11.2. The molecule has 3 aromatic rings. The van der Waals surface area contributed by atoms with Crippen LogP contribution in [0.1, 0.15) is 63.8 Å². The number of rotatable bonds is 4. The molecule has 2 aromatic heterocycles. The first-order chi connectivity index (χ1) is 18.9. The van der Waals surface area contributed by atoms with Crippen molar-refractivity contribution in [1.82, 2.24) is 24.6 Å². The molecule has 2 saturated heterocycles. The average molecular weight is 531 g/mol. The monoisotopic (exact) mass is 530 g/mol. The lowest BCUT2D eigenvalue weighted by molar-refractivity contribution is -0.153. The molecule has 1 N–H and O–H groups in total. The van der Waals surface area contributed by atoms with Gasteiger partial charge in [-0.15, -0.1) is 0 Å². The maximum Gasteiger partial charge on any atom is 0.313 e. The van der Waals surface area contributed by atoms with E-state index in [0.717, 1.165) is 43.2 Å². The number of pyridine rings is 1. The van der Waals surface area contributed by atoms with Crippen molar-refractivity contribution in [2.24, 2.45) is 5.41 Å². The van der Waals surface area contributed by atoms with E-state index in [1.165, 1.54) is 6.20 Å². The predicted molar refractivity (Wildman–Crippen MR) is 144 cm³/mol. The van der Waals surface area contributed by atoms with E-state index in [2.05, 4.69) is 15.4 Å². The van der Waals surface area contributed by atoms with E-state index in [0.29, 0.717) is 24.2 Å². The lowest BCUT2D eigenvalue weighted by Gasteiger charge is -2.46. The average Bonchev–Trinajstić information content (AvgIpc) is 3.57. The van der Waals surface area contributed by atoms with Gasteiger partial charge in [0.2, 0.25) is 5.91 Å². The number of anilines is 1. The number of benzene rings is 1. The fraction of sp³-hybridized carbons (Fsp3) is 0.483. The molecule has 39 heavy (non-hydrogen) atoms. The highest BCUT2D eigenvalue weighted by Gasteiger charge is 2.50. The topological polar surface area (TPSA) is 110 Å². The maximum atomic E-state index is 13.7. The van der Waals surface area contributed by atoms with Crippen LogP contribution in [0.4, 0.5) is 5.69 Å². The van der Waals surface area contributed by atoms with Gasteiger partial charge in [-0.2, -0.15) is 5.10 Å². The van der Waals surface area contributed by atoms with Crippen molar-refractivity contribution in [2.45, 2.75) is 64.3 Å². The summed E-state index contributed by atoms with van der Waals surface area (Å²) in [5.41, 5.74) is 1.75. The smallest absolute Gasteiger partial charge is 0.313 e. The first kappa shape index (κ1) is 25.5. The Labute approximate surface area is 227 Å². The van der Waals surface area contributed by atoms with Gasteiger partial charge in [0, 0.05) is 36.5 Å². The largest absolute Gasteiger partial charge is 0.356 e. The summed E-state index contributed by atoms with van der Waals surface area (Å²) in [6.07, 6.45) is 9.46. The Kier molecular flexibility index (Phi) is 6.58. The number of nitrogens with one attached hydrogen (secondary N) is 1. The van der Waals surface area contributed by atoms with Crippen LogP contribution in [0, 0.1) is 5.41 Å². The fourth-order valence-corrected chi connectivity index (χ4v) is 5.70. The molecule has 1 saturated carbocycles. The Morgan fingerprint density at radius 3 is 2.54 bits per heavy atom. The van der Waals surface area contributed by atoms with E-state index >= 15 is 0 Å². The van der Waals surface area contributed by atoms with E-state index < -0.39 is 17.9 Å². The summed E-state index contributed by atoms with van der Waals surface area (Å²) in [7, 11) is 0. The number of fused-ring (bicyclic) bond motifs is 1. The fourth-order valence-electron chi connectivity index (χ4n) is 5.70. The van der Waals surface area contributed by atoms with Crippen LogP contribution in [0.2, 0.25) is 0 Å². The van der Waals surface area contributed by atoms with E-state index in [9.17, 15) is 14.4 Å². The van der Waals surface area contributed by atoms with E-state index in [-0.39, 0.29) is 30.1 Å². The molecule has 0 radical (unpaired) electrons. The van der Waals surface area contributed by atoms with Gasteiger partial charge in [0.05, 0.1) is 35.8 Å². The van der Waals surface area contributed by atoms with Gasteiger partial charge in [0.15, 0.2) is 6.23 Å². The van der Waals surface area contributed by atoms with Crippen LogP contribution in [0.15, 0.2) is 48.9 Å². The van der Waals surface area contributed by atoms with Crippen LogP contribution in [-0.4, -0.2) is 68.0 Å². The minimum Gasteiger partial charge on any atom is -0.356 e. The first-order valence-electron chi connectivity index (χ1n) is 13.8. The molecule has 1 aliphatic carbocycles. The van der Waals surface area contributed by atoms with Crippen LogP contribution in [0.3, 0.4) is 0 Å². The van der Waals surface area contributed by atoms with Crippen LogP contribution in [-0.2, 0) is 19.1 Å². The minimum absolute atomic E-state index is 0.129. The van der Waals surface area contributed by atoms with Crippen LogP contribution >= 0.6 is 0 Å². The molecule has 6 rings (SSSR count). The summed E-state index contributed by atoms with van der Waals surface area (Å²) < 4.78 is 7.67. The summed E-state index contributed by atoms with van der Waals surface area (Å²) >= 11 is 0. The highest BCUT2D eigenvalue weighted by molar-refractivity contribution is 6.40. The number of ether oxygens (including phenoxy) is 1. The Hall–Kier alpha value is -3.79. The molecule has 1 aromatic carbocycles. The predicted octanol–water partition coefficient (Wildman–Crippen LogP) is 3.67. The van der Waals surface area contributed by atoms with Gasteiger partial charge in [0.25, 0.3) is 0 Å². The lowest BCUT2D eigenvalue weighted by Crippen LogP contribution is -2.59. The summed E-state index contributed by atoms with van der Waals surface area (Å²) in [5, 5.41) is 7.98. The van der Waals surface area contributed by atoms with Crippen LogP contribution < -0.4 is 5.32 Å². The van der Waals surface area contributed by atoms with Gasteiger partial charge in [-0.1, -0.05) is 37.3 Å². The van der Waals surface area contributed by atoms with Gasteiger partial charge in [-0.05, 0) is 44.6 Å². The van der Waals surface area contributed by atoms with Crippen molar-refractivity contribution < 1.29 is 19.1 Å². The highest BCUT2D eigenvalue weighted by atomic mass is 16.5. The standard InChI is InChI=1S/C29H34N6O4/c1-19-17-34(24(20-8-4-3-5-9-20)18-33(19)28(38)29(2)11-12-29)27(37)26(36)32-22-15-30-16-23-21(22)14-31-35(23)25-10-6-7-13-39-25/h3-5,8-9,14-16,19,24-25H,6-7,10-13,17-18H2,1-2H3,(H,32,36)/t19-,24-,25?/m1/s1. The molecule has 0 spiro atoms. The summed E-state index contributed by atoms with van der Waals surface area (Å²) in [5.74, 6) is -1.25. The van der Waals surface area contributed by atoms with Crippen LogP contribution in [0.25, 0.3) is 10.9 Å². The molecule has 10 nitrogen and oxygen atoms in total. The number of hydrogen-bond donors (Lipinski definition) is 1. The normalized spacial score (nSPS) is 24.4. The SMILES string of the molecule is C[C@@H]1CN(C(=O)C(=O)Nc2cncc3c2cnn3C2CCCCO2)[C@@H](c2ccccc2)CN1C(=O)C1(C)CC1. The first-order valence-corrected chi connectivity index (χ1v) is 13.8. The number of hydrogen-bond acceptors (Lipinski definition) is 6. The molecule has 10 heteroatoms. The summed E-state index contributed by atoms with van der Waals surface area (Å²) in [6.45, 7) is 5.25. The van der Waals surface area contributed by atoms with Crippen molar-refractivity contribution in [3.05, 3.63) is 54.5 Å². The van der Waals surface area contributed by atoms with Gasteiger partial charge in [0.1, 0.15) is 0 Å². The Balaban J connectivity index is 1.24. The van der Waals surface area contributed by atoms with Crippen LogP contribution in [0.5, 0.6) is 0 Å². The molecule has 3 atom stereocenters. The third kappa shape index (κ3) is 4.78. The minimum atomic E-state index is -0.743. The maximum absolute atomic E-state index is 13.7. The Bertz CT molecular complexity index is 1400. The molecule has 204 valence electrons. The molecule has 3 fully saturated rings. The zero-order valence-corrected chi connectivity index (χ0v) is 22.4. The molecule has 3 aliphatic rings. The van der Waals surface area contributed by atoms with Crippen molar-refractivity contribution >= 4 is 34.3 Å². The van der Waals surface area contributed by atoms with E-state index in [1.54, 1.807) is 22.0 Å². The molecule has 4 heterocycles. The van der Waals surface area contributed by atoms with Crippen molar-refractivity contribution in [2.75, 3.05) is 25.0 Å². The highest BCUT2D eigenvalue weighted by Crippen LogP contribution is 2.47.